The predicted octanol–water partition coefficient (Wildman–Crippen LogP) is 4.10. The summed E-state index contributed by atoms with van der Waals surface area (Å²) in [6.07, 6.45) is 3.14. The van der Waals surface area contributed by atoms with Crippen LogP contribution in [0.3, 0.4) is 0 Å². The molecule has 0 spiro atoms. The van der Waals surface area contributed by atoms with E-state index in [0.717, 1.165) is 10.0 Å². The molecule has 0 fully saturated rings. The van der Waals surface area contributed by atoms with Gasteiger partial charge in [0.25, 0.3) is 5.91 Å². The zero-order chi connectivity index (χ0) is 14.7. The molecule has 6 heteroatoms. The van der Waals surface area contributed by atoms with Gasteiger partial charge < -0.3 is 10.6 Å². The second-order valence-electron chi connectivity index (χ2n) is 4.21. The fraction of sp³-hybridized carbons (Fsp3) is 0.143. The normalized spacial score (nSPS) is 10.2. The van der Waals surface area contributed by atoms with Crippen LogP contribution >= 0.6 is 27.5 Å². The smallest absolute Gasteiger partial charge is 0.259 e. The number of halogens is 2. The van der Waals surface area contributed by atoms with E-state index in [4.69, 9.17) is 11.6 Å². The molecule has 0 atom stereocenters. The van der Waals surface area contributed by atoms with Crippen molar-refractivity contribution in [2.45, 2.75) is 6.92 Å². The minimum atomic E-state index is -0.247. The van der Waals surface area contributed by atoms with Crippen molar-refractivity contribution in [1.29, 1.82) is 0 Å². The van der Waals surface area contributed by atoms with Crippen molar-refractivity contribution < 1.29 is 4.79 Å². The fourth-order valence-corrected chi connectivity index (χ4v) is 2.45. The fourth-order valence-electron chi connectivity index (χ4n) is 1.73. The van der Waals surface area contributed by atoms with Crippen LogP contribution in [0.1, 0.15) is 15.9 Å². The van der Waals surface area contributed by atoms with Gasteiger partial charge in [0.1, 0.15) is 0 Å². The first-order valence-electron chi connectivity index (χ1n) is 5.91. The van der Waals surface area contributed by atoms with Gasteiger partial charge in [-0.3, -0.25) is 9.78 Å². The summed E-state index contributed by atoms with van der Waals surface area (Å²) in [4.78, 5) is 16.3. The number of carbonyl (C=O) groups excluding carboxylic acids is 1. The van der Waals surface area contributed by atoms with Crippen molar-refractivity contribution in [3.05, 3.63) is 51.2 Å². The van der Waals surface area contributed by atoms with Gasteiger partial charge in [-0.25, -0.2) is 0 Å². The topological polar surface area (TPSA) is 54.0 Å². The Morgan fingerprint density at radius 1 is 1.35 bits per heavy atom. The molecule has 1 amide bonds. The van der Waals surface area contributed by atoms with Gasteiger partial charge in [-0.2, -0.15) is 0 Å². The lowest BCUT2D eigenvalue weighted by atomic mass is 10.2. The number of amides is 1. The lowest BCUT2D eigenvalue weighted by Crippen LogP contribution is -2.14. The molecule has 2 N–H and O–H groups in total. The van der Waals surface area contributed by atoms with Gasteiger partial charge in [-0.15, -0.1) is 0 Å². The number of carbonyl (C=O) groups is 1. The minimum absolute atomic E-state index is 0.247. The van der Waals surface area contributed by atoms with Crippen LogP contribution in [0.15, 0.2) is 35.1 Å². The molecule has 1 aromatic carbocycles. The van der Waals surface area contributed by atoms with E-state index in [-0.39, 0.29) is 5.91 Å². The molecule has 2 aromatic rings. The molecule has 0 saturated heterocycles. The number of nitrogens with zero attached hydrogens (tertiary/aromatic N) is 1. The molecule has 2 rings (SSSR count). The van der Waals surface area contributed by atoms with E-state index in [2.05, 4.69) is 31.5 Å². The zero-order valence-electron chi connectivity index (χ0n) is 11.0. The Morgan fingerprint density at radius 3 is 2.80 bits per heavy atom. The first-order valence-corrected chi connectivity index (χ1v) is 7.08. The first kappa shape index (κ1) is 14.8. The van der Waals surface area contributed by atoms with Gasteiger partial charge in [0.15, 0.2) is 0 Å². The Labute approximate surface area is 130 Å². The van der Waals surface area contributed by atoms with E-state index >= 15 is 0 Å². The molecule has 0 aliphatic rings. The van der Waals surface area contributed by atoms with Crippen molar-refractivity contribution in [2.24, 2.45) is 0 Å². The number of nitrogens with one attached hydrogen (secondary N) is 2. The molecule has 0 saturated carbocycles. The van der Waals surface area contributed by atoms with Crippen molar-refractivity contribution >= 4 is 44.8 Å². The highest BCUT2D eigenvalue weighted by atomic mass is 79.9. The van der Waals surface area contributed by atoms with Crippen LogP contribution < -0.4 is 10.6 Å². The van der Waals surface area contributed by atoms with Crippen LogP contribution in [0.25, 0.3) is 0 Å². The summed E-state index contributed by atoms with van der Waals surface area (Å²) in [5.74, 6) is -0.247. The molecule has 20 heavy (non-hydrogen) atoms. The molecule has 104 valence electrons. The van der Waals surface area contributed by atoms with Crippen molar-refractivity contribution in [1.82, 2.24) is 4.98 Å². The Bertz CT molecular complexity index is 661. The third-order valence-electron chi connectivity index (χ3n) is 2.83. The van der Waals surface area contributed by atoms with Crippen molar-refractivity contribution in [3.8, 4) is 0 Å². The average molecular weight is 355 g/mol. The largest absolute Gasteiger partial charge is 0.387 e. The van der Waals surface area contributed by atoms with E-state index in [1.807, 2.05) is 13.0 Å². The summed E-state index contributed by atoms with van der Waals surface area (Å²) < 4.78 is 0.780. The van der Waals surface area contributed by atoms with Gasteiger partial charge >= 0.3 is 0 Å². The van der Waals surface area contributed by atoms with Crippen LogP contribution in [0.4, 0.5) is 11.4 Å². The number of benzene rings is 1. The van der Waals surface area contributed by atoms with Crippen LogP contribution in [-0.4, -0.2) is 17.9 Å². The Morgan fingerprint density at radius 2 is 2.10 bits per heavy atom. The van der Waals surface area contributed by atoms with Crippen LogP contribution in [0.5, 0.6) is 0 Å². The third kappa shape index (κ3) is 3.11. The van der Waals surface area contributed by atoms with E-state index in [1.165, 1.54) is 6.20 Å². The molecule has 0 aliphatic carbocycles. The van der Waals surface area contributed by atoms with Gasteiger partial charge in [-0.05, 0) is 46.6 Å². The maximum absolute atomic E-state index is 12.3. The Kier molecular flexibility index (Phi) is 4.62. The molecular formula is C14H13BrClN3O. The predicted molar refractivity (Wildman–Crippen MR) is 85.6 cm³/mol. The summed E-state index contributed by atoms with van der Waals surface area (Å²) in [6, 6.07) is 5.32. The van der Waals surface area contributed by atoms with Crippen molar-refractivity contribution in [2.75, 3.05) is 17.7 Å². The Balaban J connectivity index is 2.30. The molecule has 0 bridgehead atoms. The maximum atomic E-state index is 12.3. The third-order valence-corrected chi connectivity index (χ3v) is 3.89. The molecule has 0 radical (unpaired) electrons. The summed E-state index contributed by atoms with van der Waals surface area (Å²) >= 11 is 9.49. The summed E-state index contributed by atoms with van der Waals surface area (Å²) in [5.41, 5.74) is 2.75. The van der Waals surface area contributed by atoms with Gasteiger partial charge in [0.2, 0.25) is 0 Å². The number of anilines is 2. The van der Waals surface area contributed by atoms with E-state index in [0.29, 0.717) is 22.0 Å². The molecule has 1 aromatic heterocycles. The number of pyridine rings is 1. The van der Waals surface area contributed by atoms with Crippen LogP contribution in [0.2, 0.25) is 5.02 Å². The molecule has 1 heterocycles. The summed E-state index contributed by atoms with van der Waals surface area (Å²) in [5, 5.41) is 6.38. The van der Waals surface area contributed by atoms with E-state index in [9.17, 15) is 4.79 Å². The highest BCUT2D eigenvalue weighted by Crippen LogP contribution is 2.29. The lowest BCUT2D eigenvalue weighted by Gasteiger charge is -2.11. The summed E-state index contributed by atoms with van der Waals surface area (Å²) in [7, 11) is 1.75. The highest BCUT2D eigenvalue weighted by Gasteiger charge is 2.13. The molecule has 0 unspecified atom stereocenters. The second kappa shape index (κ2) is 6.24. The quantitative estimate of drug-likeness (QED) is 0.872. The lowest BCUT2D eigenvalue weighted by molar-refractivity contribution is 0.102. The zero-order valence-corrected chi connectivity index (χ0v) is 13.3. The monoisotopic (exact) mass is 353 g/mol. The second-order valence-corrected chi connectivity index (χ2v) is 5.47. The summed E-state index contributed by atoms with van der Waals surface area (Å²) in [6.45, 7) is 1.90. The SMILES string of the molecule is CNc1ccncc1C(=O)Nc1cc(Cl)c(C)cc1Br. The first-order chi connectivity index (χ1) is 9.52. The average Bonchev–Trinajstić information content (AvgIpc) is 2.44. The standard InChI is InChI=1S/C14H13BrClN3O/c1-8-5-10(15)13(6-11(8)16)19-14(20)9-7-18-4-3-12(9)17-2/h3-7H,1-2H3,(H,17,18)(H,19,20). The van der Waals surface area contributed by atoms with Gasteiger partial charge in [-0.1, -0.05) is 11.6 Å². The Hall–Kier alpha value is -1.59. The van der Waals surface area contributed by atoms with Crippen LogP contribution in [-0.2, 0) is 0 Å². The van der Waals surface area contributed by atoms with Crippen molar-refractivity contribution in [3.63, 3.8) is 0 Å². The van der Waals surface area contributed by atoms with E-state index in [1.54, 1.807) is 25.4 Å². The number of hydrogen-bond donors (Lipinski definition) is 2. The minimum Gasteiger partial charge on any atom is -0.387 e. The van der Waals surface area contributed by atoms with Crippen LogP contribution in [0, 0.1) is 6.92 Å². The molecule has 4 nitrogen and oxygen atoms in total. The number of aromatic nitrogens is 1. The number of aryl methyl sites for hydroxylation is 1. The number of rotatable bonds is 3. The maximum Gasteiger partial charge on any atom is 0.259 e. The molecule has 0 aliphatic heterocycles. The highest BCUT2D eigenvalue weighted by molar-refractivity contribution is 9.10. The number of hydrogen-bond acceptors (Lipinski definition) is 3. The van der Waals surface area contributed by atoms with Gasteiger partial charge in [0, 0.05) is 34.6 Å². The van der Waals surface area contributed by atoms with E-state index < -0.39 is 0 Å². The molecular weight excluding hydrogens is 342 g/mol. The van der Waals surface area contributed by atoms with Gasteiger partial charge in [0.05, 0.1) is 11.3 Å².